The summed E-state index contributed by atoms with van der Waals surface area (Å²) in [6.07, 6.45) is 0.765. The van der Waals surface area contributed by atoms with Crippen molar-refractivity contribution in [3.8, 4) is 5.75 Å². The molecule has 124 valence electrons. The molecule has 0 fully saturated rings. The maximum absolute atomic E-state index is 13.6. The van der Waals surface area contributed by atoms with E-state index in [1.165, 1.54) is 23.3 Å². The highest BCUT2D eigenvalue weighted by molar-refractivity contribution is 5.38. The average Bonchev–Trinajstić information content (AvgIpc) is 2.52. The molecule has 2 aromatic rings. The summed E-state index contributed by atoms with van der Waals surface area (Å²) in [6, 6.07) is 13.2. The van der Waals surface area contributed by atoms with Crippen LogP contribution in [0.15, 0.2) is 42.5 Å². The molecule has 1 unspecified atom stereocenters. The van der Waals surface area contributed by atoms with E-state index in [0.29, 0.717) is 12.3 Å². The maximum atomic E-state index is 13.6. The fraction of sp³-hybridized carbons (Fsp3) is 0.400. The van der Waals surface area contributed by atoms with E-state index in [1.807, 2.05) is 0 Å². The molecule has 0 aromatic heterocycles. The zero-order valence-corrected chi connectivity index (χ0v) is 14.4. The molecule has 1 atom stereocenters. The molecule has 0 heterocycles. The second-order valence-electron chi connectivity index (χ2n) is 6.97. The molecule has 0 bridgehead atoms. The largest absolute Gasteiger partial charge is 0.496 e. The Morgan fingerprint density at radius 2 is 1.74 bits per heavy atom. The standard InChI is InChI=1S/C20H26FNO/c1-20(2,3)16-7-5-14(6-8-16)11-15(13-22)18-12-17(21)9-10-19(18)23-4/h5-10,12,15H,11,13,22H2,1-4H3. The summed E-state index contributed by atoms with van der Waals surface area (Å²) in [7, 11) is 1.60. The van der Waals surface area contributed by atoms with Crippen LogP contribution in [-0.4, -0.2) is 13.7 Å². The Morgan fingerprint density at radius 1 is 1.09 bits per heavy atom. The number of nitrogens with two attached hydrogens (primary N) is 1. The Labute approximate surface area is 138 Å². The van der Waals surface area contributed by atoms with Crippen molar-refractivity contribution in [2.45, 2.75) is 38.5 Å². The molecule has 23 heavy (non-hydrogen) atoms. The number of halogens is 1. The van der Waals surface area contributed by atoms with Gasteiger partial charge >= 0.3 is 0 Å². The molecule has 2 nitrogen and oxygen atoms in total. The lowest BCUT2D eigenvalue weighted by atomic mass is 9.85. The lowest BCUT2D eigenvalue weighted by molar-refractivity contribution is 0.403. The van der Waals surface area contributed by atoms with Crippen molar-refractivity contribution in [3.05, 3.63) is 65.0 Å². The van der Waals surface area contributed by atoms with Crippen molar-refractivity contribution in [2.24, 2.45) is 5.73 Å². The van der Waals surface area contributed by atoms with Crippen molar-refractivity contribution >= 4 is 0 Å². The first-order valence-electron chi connectivity index (χ1n) is 7.98. The van der Waals surface area contributed by atoms with Crippen molar-refractivity contribution in [2.75, 3.05) is 13.7 Å². The zero-order valence-electron chi connectivity index (χ0n) is 14.4. The fourth-order valence-electron chi connectivity index (χ4n) is 2.77. The van der Waals surface area contributed by atoms with E-state index in [2.05, 4.69) is 45.0 Å². The molecule has 2 rings (SSSR count). The molecule has 0 radical (unpaired) electrons. The average molecular weight is 315 g/mol. The summed E-state index contributed by atoms with van der Waals surface area (Å²) in [5, 5.41) is 0. The first-order chi connectivity index (χ1) is 10.8. The minimum atomic E-state index is -0.262. The third-order valence-electron chi connectivity index (χ3n) is 4.22. The van der Waals surface area contributed by atoms with Gasteiger partial charge < -0.3 is 10.5 Å². The summed E-state index contributed by atoms with van der Waals surface area (Å²) in [4.78, 5) is 0. The predicted octanol–water partition coefficient (Wildman–Crippen LogP) is 4.42. The van der Waals surface area contributed by atoms with Crippen molar-refractivity contribution in [1.82, 2.24) is 0 Å². The van der Waals surface area contributed by atoms with Gasteiger partial charge in [-0.05, 0) is 47.7 Å². The zero-order chi connectivity index (χ0) is 17.0. The van der Waals surface area contributed by atoms with E-state index >= 15 is 0 Å². The van der Waals surface area contributed by atoms with Crippen molar-refractivity contribution in [1.29, 1.82) is 0 Å². The number of rotatable bonds is 5. The molecule has 0 saturated heterocycles. The summed E-state index contributed by atoms with van der Waals surface area (Å²) < 4.78 is 19.0. The van der Waals surface area contributed by atoms with Gasteiger partial charge in [-0.1, -0.05) is 45.0 Å². The monoisotopic (exact) mass is 315 g/mol. The van der Waals surface area contributed by atoms with E-state index in [4.69, 9.17) is 10.5 Å². The van der Waals surface area contributed by atoms with Gasteiger partial charge in [0.1, 0.15) is 11.6 Å². The van der Waals surface area contributed by atoms with Gasteiger partial charge in [0.15, 0.2) is 0 Å². The number of hydrogen-bond acceptors (Lipinski definition) is 2. The Bertz CT molecular complexity index is 644. The number of hydrogen-bond donors (Lipinski definition) is 1. The Balaban J connectivity index is 2.25. The molecule has 0 spiro atoms. The Kier molecular flexibility index (Phi) is 5.42. The second-order valence-corrected chi connectivity index (χ2v) is 6.97. The highest BCUT2D eigenvalue weighted by Gasteiger charge is 2.18. The quantitative estimate of drug-likeness (QED) is 0.886. The van der Waals surface area contributed by atoms with Gasteiger partial charge in [0.25, 0.3) is 0 Å². The van der Waals surface area contributed by atoms with Crippen LogP contribution in [0.2, 0.25) is 0 Å². The molecule has 2 N–H and O–H groups in total. The molecule has 0 saturated carbocycles. The smallest absolute Gasteiger partial charge is 0.123 e. The Morgan fingerprint density at radius 3 is 2.26 bits per heavy atom. The summed E-state index contributed by atoms with van der Waals surface area (Å²) >= 11 is 0. The predicted molar refractivity (Wildman–Crippen MR) is 93.6 cm³/mol. The van der Waals surface area contributed by atoms with Crippen LogP contribution >= 0.6 is 0 Å². The van der Waals surface area contributed by atoms with Gasteiger partial charge in [-0.25, -0.2) is 4.39 Å². The number of benzene rings is 2. The summed E-state index contributed by atoms with van der Waals surface area (Å²) in [6.45, 7) is 7.04. The molecule has 2 aromatic carbocycles. The molecule has 0 aliphatic rings. The second kappa shape index (κ2) is 7.14. The SMILES string of the molecule is COc1ccc(F)cc1C(CN)Cc1ccc(C(C)(C)C)cc1. The lowest BCUT2D eigenvalue weighted by Crippen LogP contribution is -2.16. The van der Waals surface area contributed by atoms with Crippen molar-refractivity contribution < 1.29 is 9.13 Å². The van der Waals surface area contributed by atoms with Crippen LogP contribution in [-0.2, 0) is 11.8 Å². The maximum Gasteiger partial charge on any atom is 0.123 e. The highest BCUT2D eigenvalue weighted by Crippen LogP contribution is 2.30. The fourth-order valence-corrected chi connectivity index (χ4v) is 2.77. The third kappa shape index (κ3) is 4.32. The topological polar surface area (TPSA) is 35.2 Å². The normalized spacial score (nSPS) is 13.0. The minimum absolute atomic E-state index is 0.0288. The van der Waals surface area contributed by atoms with Gasteiger partial charge in [-0.2, -0.15) is 0 Å². The number of methoxy groups -OCH3 is 1. The lowest BCUT2D eigenvalue weighted by Gasteiger charge is -2.21. The third-order valence-corrected chi connectivity index (χ3v) is 4.22. The molecular formula is C20H26FNO. The van der Waals surface area contributed by atoms with E-state index in [0.717, 1.165) is 12.0 Å². The molecule has 3 heteroatoms. The van der Waals surface area contributed by atoms with Crippen LogP contribution in [0.4, 0.5) is 4.39 Å². The van der Waals surface area contributed by atoms with Gasteiger partial charge in [0.2, 0.25) is 0 Å². The van der Waals surface area contributed by atoms with Crippen LogP contribution < -0.4 is 10.5 Å². The van der Waals surface area contributed by atoms with E-state index < -0.39 is 0 Å². The van der Waals surface area contributed by atoms with Gasteiger partial charge in [0, 0.05) is 11.5 Å². The van der Waals surface area contributed by atoms with Crippen LogP contribution in [0.1, 0.15) is 43.4 Å². The van der Waals surface area contributed by atoms with Gasteiger partial charge in [0.05, 0.1) is 7.11 Å². The summed E-state index contributed by atoms with van der Waals surface area (Å²) in [5.41, 5.74) is 9.41. The van der Waals surface area contributed by atoms with E-state index in [1.54, 1.807) is 13.2 Å². The van der Waals surface area contributed by atoms with E-state index in [9.17, 15) is 4.39 Å². The van der Waals surface area contributed by atoms with Gasteiger partial charge in [-0.3, -0.25) is 0 Å². The minimum Gasteiger partial charge on any atom is -0.496 e. The Hall–Kier alpha value is -1.87. The van der Waals surface area contributed by atoms with Crippen LogP contribution in [0.5, 0.6) is 5.75 Å². The van der Waals surface area contributed by atoms with E-state index in [-0.39, 0.29) is 17.2 Å². The van der Waals surface area contributed by atoms with Gasteiger partial charge in [-0.15, -0.1) is 0 Å². The van der Waals surface area contributed by atoms with Crippen LogP contribution in [0.3, 0.4) is 0 Å². The summed E-state index contributed by atoms with van der Waals surface area (Å²) in [5.74, 6) is 0.455. The van der Waals surface area contributed by atoms with Crippen molar-refractivity contribution in [3.63, 3.8) is 0 Å². The number of ether oxygens (including phenoxy) is 1. The first kappa shape index (κ1) is 17.5. The van der Waals surface area contributed by atoms with Crippen LogP contribution in [0, 0.1) is 5.82 Å². The molecular weight excluding hydrogens is 289 g/mol. The first-order valence-corrected chi connectivity index (χ1v) is 7.98. The molecule has 0 aliphatic heterocycles. The van der Waals surface area contributed by atoms with Crippen LogP contribution in [0.25, 0.3) is 0 Å². The molecule has 0 amide bonds. The molecule has 0 aliphatic carbocycles. The highest BCUT2D eigenvalue weighted by atomic mass is 19.1.